The van der Waals surface area contributed by atoms with Crippen molar-refractivity contribution in [3.8, 4) is 11.5 Å². The van der Waals surface area contributed by atoms with Crippen LogP contribution in [0.5, 0.6) is 11.5 Å². The summed E-state index contributed by atoms with van der Waals surface area (Å²) in [6.45, 7) is 3.23. The molecule has 23 heavy (non-hydrogen) atoms. The topological polar surface area (TPSA) is 62.1 Å². The van der Waals surface area contributed by atoms with Crippen LogP contribution in [0.15, 0.2) is 41.8 Å². The third kappa shape index (κ3) is 3.73. The van der Waals surface area contributed by atoms with Gasteiger partial charge < -0.3 is 9.47 Å². The Hall–Kier alpha value is -2.28. The van der Waals surface area contributed by atoms with Gasteiger partial charge in [0.05, 0.1) is 24.8 Å². The van der Waals surface area contributed by atoms with E-state index >= 15 is 0 Å². The van der Waals surface area contributed by atoms with Crippen molar-refractivity contribution < 1.29 is 9.47 Å². The van der Waals surface area contributed by atoms with Crippen molar-refractivity contribution >= 4 is 22.8 Å². The van der Waals surface area contributed by atoms with Gasteiger partial charge in [0.1, 0.15) is 22.9 Å². The van der Waals surface area contributed by atoms with Gasteiger partial charge in [-0.2, -0.15) is 5.10 Å². The maximum atomic E-state index is 5.74. The van der Waals surface area contributed by atoms with E-state index in [0.717, 1.165) is 33.3 Å². The standard InChI is InChI=1S/C16H18N4O2S/c1-3-21-12-4-6-13(7-5-12)22-8-9-23-16-14-10-19-20(2)15(14)17-11-18-16/h4-7,10-11H,3,8-9H2,1-2H3. The number of benzene rings is 1. The predicted molar refractivity (Wildman–Crippen MR) is 90.1 cm³/mol. The molecule has 0 N–H and O–H groups in total. The van der Waals surface area contributed by atoms with Crippen LogP contribution >= 0.6 is 11.8 Å². The SMILES string of the molecule is CCOc1ccc(OCCSc2ncnc3c2cnn3C)cc1. The molecule has 0 spiro atoms. The van der Waals surface area contributed by atoms with Crippen LogP contribution in [-0.4, -0.2) is 38.7 Å². The Bertz CT molecular complexity index is 773. The highest BCUT2D eigenvalue weighted by atomic mass is 32.2. The zero-order chi connectivity index (χ0) is 16.1. The van der Waals surface area contributed by atoms with Crippen molar-refractivity contribution in [1.29, 1.82) is 0 Å². The summed E-state index contributed by atoms with van der Waals surface area (Å²) in [5, 5.41) is 6.12. The lowest BCUT2D eigenvalue weighted by atomic mass is 10.3. The number of hydrogen-bond acceptors (Lipinski definition) is 6. The van der Waals surface area contributed by atoms with Crippen LogP contribution in [0.2, 0.25) is 0 Å². The Labute approximate surface area is 138 Å². The van der Waals surface area contributed by atoms with Crippen LogP contribution in [0.1, 0.15) is 6.92 Å². The molecule has 0 saturated carbocycles. The maximum absolute atomic E-state index is 5.74. The van der Waals surface area contributed by atoms with Gasteiger partial charge in [0.15, 0.2) is 5.65 Å². The first-order chi connectivity index (χ1) is 11.3. The van der Waals surface area contributed by atoms with Crippen molar-refractivity contribution in [3.05, 3.63) is 36.8 Å². The smallest absolute Gasteiger partial charge is 0.162 e. The van der Waals surface area contributed by atoms with E-state index in [1.54, 1.807) is 29.0 Å². The van der Waals surface area contributed by atoms with E-state index in [4.69, 9.17) is 9.47 Å². The van der Waals surface area contributed by atoms with Crippen molar-refractivity contribution in [2.75, 3.05) is 19.0 Å². The third-order valence-corrected chi connectivity index (χ3v) is 4.19. The molecule has 0 aliphatic carbocycles. The molecule has 1 aromatic carbocycles. The van der Waals surface area contributed by atoms with Crippen LogP contribution in [0.25, 0.3) is 11.0 Å². The van der Waals surface area contributed by atoms with Crippen LogP contribution in [0.3, 0.4) is 0 Å². The lowest BCUT2D eigenvalue weighted by Crippen LogP contribution is -2.01. The first kappa shape index (κ1) is 15.6. The average Bonchev–Trinajstić information content (AvgIpc) is 2.96. The minimum atomic E-state index is 0.602. The maximum Gasteiger partial charge on any atom is 0.162 e. The minimum absolute atomic E-state index is 0.602. The van der Waals surface area contributed by atoms with Crippen LogP contribution < -0.4 is 9.47 Å². The number of aryl methyl sites for hydroxylation is 1. The van der Waals surface area contributed by atoms with Gasteiger partial charge in [-0.05, 0) is 31.2 Å². The number of fused-ring (bicyclic) bond motifs is 1. The van der Waals surface area contributed by atoms with E-state index in [0.29, 0.717) is 13.2 Å². The molecule has 0 amide bonds. The van der Waals surface area contributed by atoms with Gasteiger partial charge in [0, 0.05) is 12.8 Å². The molecule has 3 rings (SSSR count). The molecule has 0 bridgehead atoms. The molecule has 2 heterocycles. The summed E-state index contributed by atoms with van der Waals surface area (Å²) >= 11 is 1.64. The molecule has 0 aliphatic rings. The molecule has 7 heteroatoms. The molecule has 0 radical (unpaired) electrons. The molecule has 3 aromatic rings. The molecule has 0 aliphatic heterocycles. The molecular weight excluding hydrogens is 312 g/mol. The fourth-order valence-corrected chi connectivity index (χ4v) is 2.93. The van der Waals surface area contributed by atoms with E-state index in [9.17, 15) is 0 Å². The van der Waals surface area contributed by atoms with Crippen molar-refractivity contribution in [2.24, 2.45) is 7.05 Å². The molecule has 6 nitrogen and oxygen atoms in total. The lowest BCUT2D eigenvalue weighted by molar-refractivity contribution is 0.332. The summed E-state index contributed by atoms with van der Waals surface area (Å²) in [5.74, 6) is 2.49. The third-order valence-electron chi connectivity index (χ3n) is 3.22. The second-order valence-electron chi connectivity index (χ2n) is 4.79. The summed E-state index contributed by atoms with van der Waals surface area (Å²) < 4.78 is 12.9. The summed E-state index contributed by atoms with van der Waals surface area (Å²) in [6.07, 6.45) is 3.37. The van der Waals surface area contributed by atoms with E-state index < -0.39 is 0 Å². The Balaban J connectivity index is 1.53. The lowest BCUT2D eigenvalue weighted by Gasteiger charge is -2.07. The number of nitrogens with zero attached hydrogens (tertiary/aromatic N) is 4. The van der Waals surface area contributed by atoms with Crippen LogP contribution in [0, 0.1) is 0 Å². The number of hydrogen-bond donors (Lipinski definition) is 0. The zero-order valence-corrected chi connectivity index (χ0v) is 13.9. The Kier molecular flexibility index (Phi) is 4.97. The fraction of sp³-hybridized carbons (Fsp3) is 0.312. The van der Waals surface area contributed by atoms with Gasteiger partial charge in [-0.1, -0.05) is 0 Å². The quantitative estimate of drug-likeness (QED) is 0.377. The van der Waals surface area contributed by atoms with E-state index in [1.807, 2.05) is 38.2 Å². The summed E-state index contributed by atoms with van der Waals surface area (Å²) in [4.78, 5) is 8.56. The zero-order valence-electron chi connectivity index (χ0n) is 13.1. The largest absolute Gasteiger partial charge is 0.494 e. The molecule has 2 aromatic heterocycles. The fourth-order valence-electron chi connectivity index (χ4n) is 2.15. The molecule has 0 unspecified atom stereocenters. The van der Waals surface area contributed by atoms with E-state index in [2.05, 4.69) is 15.1 Å². The van der Waals surface area contributed by atoms with Gasteiger partial charge in [0.2, 0.25) is 0 Å². The summed E-state index contributed by atoms with van der Waals surface area (Å²) in [5.41, 5.74) is 0.843. The Morgan fingerprint density at radius 3 is 2.57 bits per heavy atom. The first-order valence-corrected chi connectivity index (χ1v) is 8.37. The normalized spacial score (nSPS) is 10.9. The highest BCUT2D eigenvalue weighted by Gasteiger charge is 2.08. The Morgan fingerprint density at radius 1 is 1.09 bits per heavy atom. The van der Waals surface area contributed by atoms with Crippen molar-refractivity contribution in [3.63, 3.8) is 0 Å². The molecule has 0 fully saturated rings. The second-order valence-corrected chi connectivity index (χ2v) is 5.87. The highest BCUT2D eigenvalue weighted by Crippen LogP contribution is 2.24. The monoisotopic (exact) mass is 330 g/mol. The first-order valence-electron chi connectivity index (χ1n) is 7.39. The van der Waals surface area contributed by atoms with Crippen LogP contribution in [0.4, 0.5) is 0 Å². The number of rotatable bonds is 7. The summed E-state index contributed by atoms with van der Waals surface area (Å²) in [7, 11) is 1.87. The molecular formula is C16H18N4O2S. The molecule has 0 atom stereocenters. The van der Waals surface area contributed by atoms with E-state index in [-0.39, 0.29) is 0 Å². The number of aromatic nitrogens is 4. The number of thioether (sulfide) groups is 1. The number of ether oxygens (including phenoxy) is 2. The van der Waals surface area contributed by atoms with Gasteiger partial charge in [0.25, 0.3) is 0 Å². The van der Waals surface area contributed by atoms with Gasteiger partial charge in [-0.15, -0.1) is 11.8 Å². The van der Waals surface area contributed by atoms with Gasteiger partial charge in [-0.3, -0.25) is 4.68 Å². The van der Waals surface area contributed by atoms with Gasteiger partial charge >= 0.3 is 0 Å². The van der Waals surface area contributed by atoms with E-state index in [1.165, 1.54) is 0 Å². The van der Waals surface area contributed by atoms with Crippen molar-refractivity contribution in [1.82, 2.24) is 19.7 Å². The predicted octanol–water partition coefficient (Wildman–Crippen LogP) is 2.93. The summed E-state index contributed by atoms with van der Waals surface area (Å²) in [6, 6.07) is 7.66. The minimum Gasteiger partial charge on any atom is -0.494 e. The van der Waals surface area contributed by atoms with Gasteiger partial charge in [-0.25, -0.2) is 9.97 Å². The van der Waals surface area contributed by atoms with Crippen LogP contribution in [-0.2, 0) is 7.05 Å². The second kappa shape index (κ2) is 7.32. The average molecular weight is 330 g/mol. The molecule has 0 saturated heterocycles. The Morgan fingerprint density at radius 2 is 1.83 bits per heavy atom. The van der Waals surface area contributed by atoms with Crippen molar-refractivity contribution in [2.45, 2.75) is 11.9 Å². The molecule has 120 valence electrons. The highest BCUT2D eigenvalue weighted by molar-refractivity contribution is 7.99.